The molecule has 3 N–H and O–H groups in total. The Morgan fingerprint density at radius 2 is 2.08 bits per heavy atom. The van der Waals surface area contributed by atoms with Crippen LogP contribution < -0.4 is 11.1 Å². The minimum absolute atomic E-state index is 0.00730. The Balaban J connectivity index is 1.77. The van der Waals surface area contributed by atoms with Crippen LogP contribution in [0.2, 0.25) is 0 Å². The summed E-state index contributed by atoms with van der Waals surface area (Å²) in [7, 11) is 0. The quantitative estimate of drug-likeness (QED) is 0.769. The van der Waals surface area contributed by atoms with Gasteiger partial charge in [-0.3, -0.25) is 4.79 Å². The van der Waals surface area contributed by atoms with Crippen LogP contribution in [0.25, 0.3) is 11.5 Å². The fourth-order valence-electron chi connectivity index (χ4n) is 3.04. The van der Waals surface area contributed by atoms with Crippen LogP contribution in [-0.2, 0) is 10.3 Å². The zero-order chi connectivity index (χ0) is 17.9. The van der Waals surface area contributed by atoms with Gasteiger partial charge in [0, 0.05) is 10.9 Å². The smallest absolute Gasteiger partial charge is 0.259 e. The highest BCUT2D eigenvalue weighted by molar-refractivity contribution is 8.00. The lowest BCUT2D eigenvalue weighted by Gasteiger charge is -2.17. The van der Waals surface area contributed by atoms with Crippen molar-refractivity contribution in [2.75, 3.05) is 5.75 Å². The van der Waals surface area contributed by atoms with Crippen LogP contribution in [-0.4, -0.2) is 27.8 Å². The lowest BCUT2D eigenvalue weighted by atomic mass is 9.99. The van der Waals surface area contributed by atoms with Crippen molar-refractivity contribution in [3.8, 4) is 11.5 Å². The molecule has 0 unspecified atom stereocenters. The first kappa shape index (κ1) is 17.9. The van der Waals surface area contributed by atoms with E-state index in [1.54, 1.807) is 0 Å². The van der Waals surface area contributed by atoms with Crippen molar-refractivity contribution in [3.05, 3.63) is 30.1 Å². The van der Waals surface area contributed by atoms with Gasteiger partial charge in [-0.25, -0.2) is 0 Å². The van der Waals surface area contributed by atoms with Gasteiger partial charge in [0.2, 0.25) is 5.91 Å². The van der Waals surface area contributed by atoms with Gasteiger partial charge in [0.05, 0.1) is 16.9 Å². The van der Waals surface area contributed by atoms with Gasteiger partial charge in [-0.2, -0.15) is 4.98 Å². The van der Waals surface area contributed by atoms with Crippen molar-refractivity contribution in [1.29, 1.82) is 0 Å². The number of carbonyl (C=O) groups is 1. The number of aromatic nitrogens is 2. The van der Waals surface area contributed by atoms with Crippen LogP contribution in [0, 0.1) is 0 Å². The van der Waals surface area contributed by atoms with E-state index in [1.165, 1.54) is 11.8 Å². The molecular weight excluding hydrogens is 336 g/mol. The number of rotatable bonds is 6. The number of nitrogens with zero attached hydrogens (tertiary/aromatic N) is 2. The van der Waals surface area contributed by atoms with Crippen LogP contribution in [0.15, 0.2) is 33.7 Å². The highest BCUT2D eigenvalue weighted by Gasteiger charge is 2.36. The van der Waals surface area contributed by atoms with Gasteiger partial charge in [0.25, 0.3) is 5.89 Å². The van der Waals surface area contributed by atoms with Crippen molar-refractivity contribution in [1.82, 2.24) is 15.5 Å². The zero-order valence-electron chi connectivity index (χ0n) is 14.6. The second-order valence-corrected chi connectivity index (χ2v) is 7.81. The molecule has 1 amide bonds. The third-order valence-electron chi connectivity index (χ3n) is 4.29. The molecule has 0 spiro atoms. The monoisotopic (exact) mass is 360 g/mol. The molecule has 1 heterocycles. The van der Waals surface area contributed by atoms with E-state index < -0.39 is 5.54 Å². The first-order valence-electron chi connectivity index (χ1n) is 8.62. The summed E-state index contributed by atoms with van der Waals surface area (Å²) in [4.78, 5) is 17.4. The highest BCUT2D eigenvalue weighted by atomic mass is 32.2. The second kappa shape index (κ2) is 7.58. The lowest BCUT2D eigenvalue weighted by molar-refractivity contribution is -0.119. The standard InChI is InChI=1S/C18H24N4O2S/c1-12(2)20-15(23)11-25-14-8-4-3-7-13(14)16-21-17(22-24-16)18(19)9-5-6-10-18/h3-4,7-8,12H,5-6,9-11,19H2,1-2H3,(H,20,23). The van der Waals surface area contributed by atoms with Crippen molar-refractivity contribution in [2.24, 2.45) is 5.73 Å². The van der Waals surface area contributed by atoms with Gasteiger partial charge in [0.15, 0.2) is 5.82 Å². The number of hydrogen-bond donors (Lipinski definition) is 2. The second-order valence-electron chi connectivity index (χ2n) is 6.79. The third kappa shape index (κ3) is 4.22. The number of nitrogens with two attached hydrogens (primary N) is 1. The molecule has 7 heteroatoms. The maximum atomic E-state index is 11.9. The van der Waals surface area contributed by atoms with Crippen LogP contribution in [0.1, 0.15) is 45.4 Å². The Hall–Kier alpha value is -1.86. The van der Waals surface area contributed by atoms with E-state index in [4.69, 9.17) is 10.3 Å². The lowest BCUT2D eigenvalue weighted by Crippen LogP contribution is -2.34. The summed E-state index contributed by atoms with van der Waals surface area (Å²) in [6.45, 7) is 3.89. The predicted octanol–water partition coefficient (Wildman–Crippen LogP) is 3.08. The molecule has 1 saturated carbocycles. The Morgan fingerprint density at radius 1 is 1.36 bits per heavy atom. The van der Waals surface area contributed by atoms with Gasteiger partial charge in [-0.15, -0.1) is 11.8 Å². The van der Waals surface area contributed by atoms with E-state index in [-0.39, 0.29) is 11.9 Å². The van der Waals surface area contributed by atoms with Crippen molar-refractivity contribution >= 4 is 17.7 Å². The minimum atomic E-state index is -0.471. The van der Waals surface area contributed by atoms with Gasteiger partial charge >= 0.3 is 0 Å². The number of amides is 1. The SMILES string of the molecule is CC(C)NC(=O)CSc1ccccc1-c1nc(C2(N)CCCC2)no1. The Kier molecular flexibility index (Phi) is 5.44. The highest BCUT2D eigenvalue weighted by Crippen LogP contribution is 2.36. The predicted molar refractivity (Wildman–Crippen MR) is 98.1 cm³/mol. The van der Waals surface area contributed by atoms with Crippen LogP contribution in [0.4, 0.5) is 0 Å². The Labute approximate surface area is 151 Å². The topological polar surface area (TPSA) is 94.0 Å². The molecule has 2 aromatic rings. The Bertz CT molecular complexity index is 738. The molecule has 0 radical (unpaired) electrons. The van der Waals surface area contributed by atoms with Crippen LogP contribution in [0.5, 0.6) is 0 Å². The summed E-state index contributed by atoms with van der Waals surface area (Å²) in [5.74, 6) is 1.39. The first-order chi connectivity index (χ1) is 12.0. The molecule has 25 heavy (non-hydrogen) atoms. The van der Waals surface area contributed by atoms with Crippen molar-refractivity contribution in [2.45, 2.75) is 56.0 Å². The third-order valence-corrected chi connectivity index (χ3v) is 5.37. The summed E-state index contributed by atoms with van der Waals surface area (Å²) in [5, 5.41) is 7.01. The van der Waals surface area contributed by atoms with Crippen molar-refractivity contribution < 1.29 is 9.32 Å². The molecule has 1 aliphatic carbocycles. The average molecular weight is 360 g/mol. The van der Waals surface area contributed by atoms with Gasteiger partial charge in [-0.1, -0.05) is 30.1 Å². The number of thioether (sulfide) groups is 1. The molecule has 1 fully saturated rings. The van der Waals surface area contributed by atoms with Crippen LogP contribution in [0.3, 0.4) is 0 Å². The van der Waals surface area contributed by atoms with Gasteiger partial charge < -0.3 is 15.6 Å². The van der Waals surface area contributed by atoms with E-state index >= 15 is 0 Å². The molecular formula is C18H24N4O2S. The van der Waals surface area contributed by atoms with Crippen LogP contribution >= 0.6 is 11.8 Å². The maximum absolute atomic E-state index is 11.9. The zero-order valence-corrected chi connectivity index (χ0v) is 15.4. The molecule has 0 aliphatic heterocycles. The number of nitrogens with one attached hydrogen (secondary N) is 1. The molecule has 0 saturated heterocycles. The Morgan fingerprint density at radius 3 is 2.80 bits per heavy atom. The van der Waals surface area contributed by atoms with E-state index in [9.17, 15) is 4.79 Å². The molecule has 0 bridgehead atoms. The average Bonchev–Trinajstić information content (AvgIpc) is 3.22. The van der Waals surface area contributed by atoms with Gasteiger partial charge in [0.1, 0.15) is 0 Å². The van der Waals surface area contributed by atoms with E-state index in [0.29, 0.717) is 17.5 Å². The van der Waals surface area contributed by atoms with Crippen molar-refractivity contribution in [3.63, 3.8) is 0 Å². The summed E-state index contributed by atoms with van der Waals surface area (Å²) in [5.41, 5.74) is 6.78. The molecule has 6 nitrogen and oxygen atoms in total. The summed E-state index contributed by atoms with van der Waals surface area (Å²) >= 11 is 1.46. The summed E-state index contributed by atoms with van der Waals surface area (Å²) < 4.78 is 5.49. The van der Waals surface area contributed by atoms with E-state index in [0.717, 1.165) is 36.1 Å². The van der Waals surface area contributed by atoms with Gasteiger partial charge in [-0.05, 0) is 38.8 Å². The number of benzene rings is 1. The molecule has 1 aliphatic rings. The minimum Gasteiger partial charge on any atom is -0.353 e. The first-order valence-corrected chi connectivity index (χ1v) is 9.61. The fraction of sp³-hybridized carbons (Fsp3) is 0.500. The normalized spacial score (nSPS) is 16.3. The molecule has 134 valence electrons. The fourth-order valence-corrected chi connectivity index (χ4v) is 3.90. The summed E-state index contributed by atoms with van der Waals surface area (Å²) in [6, 6.07) is 7.88. The summed E-state index contributed by atoms with van der Waals surface area (Å²) in [6.07, 6.45) is 3.96. The number of hydrogen-bond acceptors (Lipinski definition) is 6. The van der Waals surface area contributed by atoms with E-state index in [1.807, 2.05) is 38.1 Å². The molecule has 1 aromatic carbocycles. The molecule has 3 rings (SSSR count). The molecule has 1 aromatic heterocycles. The van der Waals surface area contributed by atoms with E-state index in [2.05, 4.69) is 15.5 Å². The largest absolute Gasteiger partial charge is 0.353 e. The maximum Gasteiger partial charge on any atom is 0.259 e. The molecule has 0 atom stereocenters. The number of carbonyl (C=O) groups excluding carboxylic acids is 1.